The summed E-state index contributed by atoms with van der Waals surface area (Å²) in [6, 6.07) is 15.8. The van der Waals surface area contributed by atoms with Crippen molar-refractivity contribution in [2.45, 2.75) is 5.04 Å². The first kappa shape index (κ1) is 13.9. The molecule has 0 amide bonds. The second-order valence-electron chi connectivity index (χ2n) is 4.48. The fourth-order valence-corrected chi connectivity index (χ4v) is 3.18. The molecule has 0 aliphatic rings. The van der Waals surface area contributed by atoms with Crippen LogP contribution in [0.2, 0.25) is 10.0 Å². The summed E-state index contributed by atoms with van der Waals surface area (Å²) in [6.45, 7) is 0. The minimum absolute atomic E-state index is 0.100. The van der Waals surface area contributed by atoms with Gasteiger partial charge in [0.15, 0.2) is 0 Å². The van der Waals surface area contributed by atoms with Crippen LogP contribution in [0.15, 0.2) is 48.5 Å². The number of rotatable bonds is 3. The third-order valence-electron chi connectivity index (χ3n) is 3.23. The van der Waals surface area contributed by atoms with Crippen molar-refractivity contribution in [3.05, 3.63) is 69.7 Å². The van der Waals surface area contributed by atoms with E-state index in [0.29, 0.717) is 5.88 Å². The van der Waals surface area contributed by atoms with Crippen molar-refractivity contribution in [3.8, 4) is 0 Å². The van der Waals surface area contributed by atoms with Crippen molar-refractivity contribution in [1.29, 1.82) is 0 Å². The van der Waals surface area contributed by atoms with Gasteiger partial charge < -0.3 is 0 Å². The lowest BCUT2D eigenvalue weighted by Crippen LogP contribution is -2.30. The Morgan fingerprint density at radius 2 is 1.11 bits per heavy atom. The van der Waals surface area contributed by atoms with Gasteiger partial charge in [0.2, 0.25) is 0 Å². The molecule has 0 fully saturated rings. The highest BCUT2D eigenvalue weighted by molar-refractivity contribution is 6.31. The van der Waals surface area contributed by atoms with E-state index in [2.05, 4.69) is 0 Å². The molecule has 0 saturated carbocycles. The van der Waals surface area contributed by atoms with Crippen molar-refractivity contribution in [2.75, 3.05) is 5.88 Å². The summed E-state index contributed by atoms with van der Waals surface area (Å²) in [6.07, 6.45) is 0. The molecular weight excluding hydrogens is 303 g/mol. The van der Waals surface area contributed by atoms with Gasteiger partial charge in [-0.1, -0.05) is 47.5 Å². The maximum Gasteiger partial charge on any atom is 0.0406 e. The highest BCUT2D eigenvalue weighted by Crippen LogP contribution is 2.31. The van der Waals surface area contributed by atoms with Gasteiger partial charge in [-0.2, -0.15) is 0 Å². The normalized spacial score (nSPS) is 11.7. The molecule has 0 aliphatic carbocycles. The van der Waals surface area contributed by atoms with Crippen molar-refractivity contribution in [1.82, 2.24) is 0 Å². The summed E-state index contributed by atoms with van der Waals surface area (Å²) in [4.78, 5) is 0. The van der Waals surface area contributed by atoms with E-state index in [-0.39, 0.29) is 5.04 Å². The summed E-state index contributed by atoms with van der Waals surface area (Å²) in [5, 5.41) is 1.39. The van der Waals surface area contributed by atoms with Crippen LogP contribution >= 0.6 is 34.8 Å². The van der Waals surface area contributed by atoms with Crippen LogP contribution in [0, 0.1) is 0 Å². The number of hydrogen-bond donors (Lipinski definition) is 0. The van der Waals surface area contributed by atoms with Crippen LogP contribution in [-0.2, 0) is 5.04 Å². The first-order valence-corrected chi connectivity index (χ1v) is 7.93. The van der Waals surface area contributed by atoms with Crippen LogP contribution in [0.5, 0.6) is 0 Å². The molecule has 0 nitrogen and oxygen atoms in total. The Hall–Kier alpha value is -0.473. The Kier molecular flexibility index (Phi) is 4.39. The van der Waals surface area contributed by atoms with Crippen molar-refractivity contribution >= 4 is 45.0 Å². The first-order chi connectivity index (χ1) is 8.56. The molecule has 2 aromatic carbocycles. The lowest BCUT2D eigenvalue weighted by molar-refractivity contribution is 0.829. The van der Waals surface area contributed by atoms with E-state index >= 15 is 0 Å². The molecule has 0 bridgehead atoms. The Morgan fingerprint density at radius 3 is 1.39 bits per heavy atom. The molecule has 0 aliphatic heterocycles. The van der Waals surface area contributed by atoms with E-state index < -0.39 is 0 Å². The number of benzene rings is 2. The van der Waals surface area contributed by atoms with Crippen LogP contribution in [0.3, 0.4) is 0 Å². The molecule has 4 heteroatoms. The number of hydrogen-bond acceptors (Lipinski definition) is 0. The van der Waals surface area contributed by atoms with Crippen molar-refractivity contribution < 1.29 is 0 Å². The van der Waals surface area contributed by atoms with Gasteiger partial charge in [0, 0.05) is 31.2 Å². The molecule has 94 valence electrons. The fourth-order valence-electron chi connectivity index (χ4n) is 1.96. The largest absolute Gasteiger partial charge is 0.126 e. The smallest absolute Gasteiger partial charge is 0.0406 e. The van der Waals surface area contributed by atoms with Gasteiger partial charge >= 0.3 is 0 Å². The third-order valence-corrected chi connectivity index (χ3v) is 6.22. The van der Waals surface area contributed by atoms with Crippen LogP contribution in [0.25, 0.3) is 0 Å². The Labute approximate surface area is 125 Å². The highest BCUT2D eigenvalue weighted by atomic mass is 35.5. The molecule has 0 atom stereocenters. The van der Waals surface area contributed by atoms with Gasteiger partial charge in [-0.25, -0.2) is 0 Å². The van der Waals surface area contributed by atoms with E-state index in [1.807, 2.05) is 48.5 Å². The van der Waals surface area contributed by atoms with Gasteiger partial charge in [-0.05, 0) is 35.4 Å². The lowest BCUT2D eigenvalue weighted by atomic mass is 9.91. The Balaban J connectivity index is 2.47. The number of halogens is 3. The van der Waals surface area contributed by atoms with Gasteiger partial charge in [-0.15, -0.1) is 11.6 Å². The van der Waals surface area contributed by atoms with Crippen LogP contribution in [0.1, 0.15) is 11.1 Å². The molecule has 2 rings (SSSR count). The van der Waals surface area contributed by atoms with Gasteiger partial charge in [0.1, 0.15) is 0 Å². The molecule has 2 aromatic rings. The lowest BCUT2D eigenvalue weighted by Gasteiger charge is -2.28. The van der Waals surface area contributed by atoms with Crippen LogP contribution < -0.4 is 0 Å². The first-order valence-electron chi connectivity index (χ1n) is 5.64. The van der Waals surface area contributed by atoms with Gasteiger partial charge in [0.05, 0.1) is 0 Å². The van der Waals surface area contributed by atoms with E-state index in [1.165, 1.54) is 11.1 Å². The molecule has 0 saturated heterocycles. The topological polar surface area (TPSA) is 0 Å². The summed E-state index contributed by atoms with van der Waals surface area (Å²) < 4.78 is 0. The average molecular weight is 316 g/mol. The minimum atomic E-state index is -0.100. The molecule has 18 heavy (non-hydrogen) atoms. The highest BCUT2D eigenvalue weighted by Gasteiger charge is 2.27. The van der Waals surface area contributed by atoms with Crippen molar-refractivity contribution in [3.63, 3.8) is 0 Å². The molecule has 0 N–H and O–H groups in total. The SMILES string of the molecule is [SiH3]C(CCl)(c1ccc(Cl)cc1)c1ccc(Cl)cc1. The zero-order valence-corrected chi connectivity index (χ0v) is 14.2. The zero-order chi connectivity index (χ0) is 13.2. The second-order valence-corrected chi connectivity index (χ2v) is 7.33. The van der Waals surface area contributed by atoms with Crippen LogP contribution in [-0.4, -0.2) is 16.1 Å². The quantitative estimate of drug-likeness (QED) is 0.596. The molecule has 0 heterocycles. The van der Waals surface area contributed by atoms with E-state index in [4.69, 9.17) is 34.8 Å². The van der Waals surface area contributed by atoms with Crippen molar-refractivity contribution in [2.24, 2.45) is 0 Å². The maximum absolute atomic E-state index is 6.23. The van der Waals surface area contributed by atoms with E-state index in [9.17, 15) is 0 Å². The van der Waals surface area contributed by atoms with E-state index in [0.717, 1.165) is 20.3 Å². The Bertz CT molecular complexity index is 474. The summed E-state index contributed by atoms with van der Waals surface area (Å²) >= 11 is 18.1. The third kappa shape index (κ3) is 2.75. The maximum atomic E-state index is 6.23. The fraction of sp³-hybridized carbons (Fsp3) is 0.143. The van der Waals surface area contributed by atoms with Crippen LogP contribution in [0.4, 0.5) is 0 Å². The summed E-state index contributed by atoms with van der Waals surface area (Å²) in [5.41, 5.74) is 2.41. The Morgan fingerprint density at radius 1 is 0.778 bits per heavy atom. The standard InChI is InChI=1S/C14H13Cl3Si/c15-9-14(18,10-1-5-12(16)6-2-10)11-3-7-13(17)8-4-11/h1-8H,9H2,18H3. The monoisotopic (exact) mass is 314 g/mol. The zero-order valence-electron chi connectivity index (χ0n) is 9.96. The number of alkyl halides is 1. The predicted octanol–water partition coefficient (Wildman–Crippen LogP) is 3.84. The molecule has 0 spiro atoms. The predicted molar refractivity (Wildman–Crippen MR) is 84.3 cm³/mol. The summed E-state index contributed by atoms with van der Waals surface area (Å²) in [7, 11) is 0.922. The molecule has 0 aromatic heterocycles. The average Bonchev–Trinajstić information content (AvgIpc) is 2.39. The minimum Gasteiger partial charge on any atom is -0.126 e. The van der Waals surface area contributed by atoms with Gasteiger partial charge in [0.25, 0.3) is 0 Å². The molecule has 0 unspecified atom stereocenters. The van der Waals surface area contributed by atoms with Gasteiger partial charge in [-0.3, -0.25) is 0 Å². The summed E-state index contributed by atoms with van der Waals surface area (Å²) in [5.74, 6) is 0.558. The van der Waals surface area contributed by atoms with E-state index in [1.54, 1.807) is 0 Å². The second kappa shape index (κ2) is 5.66. The molecule has 0 radical (unpaired) electrons. The molecular formula is C14H13Cl3Si.